The number of aromatic nitrogens is 1. The minimum Gasteiger partial charge on any atom is -0.465 e. The Morgan fingerprint density at radius 2 is 1.78 bits per heavy atom. The van der Waals surface area contributed by atoms with Gasteiger partial charge in [-0.1, -0.05) is 48.0 Å². The van der Waals surface area contributed by atoms with E-state index in [2.05, 4.69) is 27.9 Å². The number of para-hydroxylation sites is 1. The van der Waals surface area contributed by atoms with Crippen molar-refractivity contribution in [3.63, 3.8) is 0 Å². The Morgan fingerprint density at radius 3 is 2.51 bits per heavy atom. The van der Waals surface area contributed by atoms with E-state index in [0.29, 0.717) is 34.4 Å². The summed E-state index contributed by atoms with van der Waals surface area (Å²) in [7, 11) is 1.35. The van der Waals surface area contributed by atoms with Gasteiger partial charge in [-0.05, 0) is 66.7 Å². The Labute approximate surface area is 224 Å². The molecule has 1 aliphatic heterocycles. The highest BCUT2D eigenvalue weighted by atomic mass is 35.5. The Morgan fingerprint density at radius 1 is 1.05 bits per heavy atom. The van der Waals surface area contributed by atoms with Crippen LogP contribution >= 0.6 is 23.4 Å². The molecule has 0 bridgehead atoms. The predicted molar refractivity (Wildman–Crippen MR) is 150 cm³/mol. The van der Waals surface area contributed by atoms with Crippen LogP contribution in [0.3, 0.4) is 0 Å². The molecular weight excluding hydrogens is 506 g/mol. The van der Waals surface area contributed by atoms with Crippen molar-refractivity contribution < 1.29 is 14.3 Å². The Hall–Kier alpha value is -3.81. The maximum atomic E-state index is 13.3. The highest BCUT2D eigenvalue weighted by Crippen LogP contribution is 2.36. The number of benzene rings is 3. The molecule has 37 heavy (non-hydrogen) atoms. The van der Waals surface area contributed by atoms with E-state index < -0.39 is 5.97 Å². The van der Waals surface area contributed by atoms with Crippen molar-refractivity contribution >= 4 is 63.1 Å². The SMILES string of the molecule is CCN1C(=O)C(=Cc2cn(Cc3ccccc3Cl)c3ccccc23)SC1=Nc1ccc(C(=O)OC)cc1. The van der Waals surface area contributed by atoms with Gasteiger partial charge in [-0.2, -0.15) is 0 Å². The maximum Gasteiger partial charge on any atom is 0.337 e. The summed E-state index contributed by atoms with van der Waals surface area (Å²) in [4.78, 5) is 31.9. The first-order chi connectivity index (χ1) is 18.0. The third-order valence-corrected chi connectivity index (χ3v) is 7.50. The number of halogens is 1. The van der Waals surface area contributed by atoms with Gasteiger partial charge in [0, 0.05) is 40.8 Å². The second kappa shape index (κ2) is 10.7. The number of amides is 1. The molecule has 1 aliphatic rings. The number of carbonyl (C=O) groups excluding carboxylic acids is 2. The van der Waals surface area contributed by atoms with E-state index in [4.69, 9.17) is 16.3 Å². The van der Waals surface area contributed by atoms with Crippen LogP contribution in [0.2, 0.25) is 5.02 Å². The van der Waals surface area contributed by atoms with Crippen molar-refractivity contribution in [2.24, 2.45) is 4.99 Å². The van der Waals surface area contributed by atoms with E-state index in [-0.39, 0.29) is 5.91 Å². The molecule has 1 fully saturated rings. The van der Waals surface area contributed by atoms with Crippen LogP contribution in [-0.2, 0) is 16.1 Å². The summed E-state index contributed by atoms with van der Waals surface area (Å²) in [5.74, 6) is -0.487. The number of thioether (sulfide) groups is 1. The zero-order chi connectivity index (χ0) is 25.9. The quantitative estimate of drug-likeness (QED) is 0.205. The van der Waals surface area contributed by atoms with Crippen LogP contribution in [0.1, 0.15) is 28.4 Å². The van der Waals surface area contributed by atoms with E-state index in [0.717, 1.165) is 27.1 Å². The Kier molecular flexibility index (Phi) is 7.17. The van der Waals surface area contributed by atoms with E-state index in [1.165, 1.54) is 18.9 Å². The molecule has 0 aliphatic carbocycles. The van der Waals surface area contributed by atoms with Gasteiger partial charge < -0.3 is 9.30 Å². The molecule has 1 amide bonds. The number of ether oxygens (including phenoxy) is 1. The van der Waals surface area contributed by atoms with Crippen LogP contribution in [0.4, 0.5) is 5.69 Å². The molecule has 2 heterocycles. The van der Waals surface area contributed by atoms with Crippen molar-refractivity contribution in [1.29, 1.82) is 0 Å². The van der Waals surface area contributed by atoms with Crippen LogP contribution in [-0.4, -0.2) is 40.2 Å². The molecule has 4 aromatic rings. The third-order valence-electron chi connectivity index (χ3n) is 6.12. The molecule has 8 heteroatoms. The van der Waals surface area contributed by atoms with Crippen LogP contribution in [0, 0.1) is 0 Å². The zero-order valence-electron chi connectivity index (χ0n) is 20.3. The molecule has 0 radical (unpaired) electrons. The number of fused-ring (bicyclic) bond motifs is 1. The lowest BCUT2D eigenvalue weighted by atomic mass is 10.1. The number of esters is 1. The van der Waals surface area contributed by atoms with Crippen molar-refractivity contribution in [1.82, 2.24) is 9.47 Å². The van der Waals surface area contributed by atoms with Crippen molar-refractivity contribution in [3.05, 3.63) is 106 Å². The van der Waals surface area contributed by atoms with Gasteiger partial charge in [0.05, 0.1) is 23.3 Å². The summed E-state index contributed by atoms with van der Waals surface area (Å²) in [5, 5.41) is 2.38. The van der Waals surface area contributed by atoms with Gasteiger partial charge >= 0.3 is 5.97 Å². The molecule has 0 atom stereocenters. The molecule has 3 aromatic carbocycles. The number of hydrogen-bond donors (Lipinski definition) is 0. The lowest BCUT2D eigenvalue weighted by Crippen LogP contribution is -2.28. The number of amidine groups is 1. The molecule has 1 saturated heterocycles. The minimum atomic E-state index is -0.404. The van der Waals surface area contributed by atoms with E-state index >= 15 is 0 Å². The summed E-state index contributed by atoms with van der Waals surface area (Å²) >= 11 is 7.77. The summed E-state index contributed by atoms with van der Waals surface area (Å²) in [6.45, 7) is 3.04. The molecule has 186 valence electrons. The second-order valence-electron chi connectivity index (χ2n) is 8.41. The molecule has 6 nitrogen and oxygen atoms in total. The normalized spacial score (nSPS) is 15.8. The summed E-state index contributed by atoms with van der Waals surface area (Å²) in [5.41, 5.74) is 4.15. The fourth-order valence-corrected chi connectivity index (χ4v) is 5.49. The average molecular weight is 530 g/mol. The van der Waals surface area contributed by atoms with Crippen molar-refractivity contribution in [3.8, 4) is 0 Å². The van der Waals surface area contributed by atoms with Gasteiger partial charge in [0.1, 0.15) is 0 Å². The second-order valence-corrected chi connectivity index (χ2v) is 9.83. The van der Waals surface area contributed by atoms with Gasteiger partial charge in [0.2, 0.25) is 0 Å². The first kappa shape index (κ1) is 24.9. The first-order valence-electron chi connectivity index (χ1n) is 11.8. The average Bonchev–Trinajstić information content (AvgIpc) is 3.41. The minimum absolute atomic E-state index is 0.0830. The highest BCUT2D eigenvalue weighted by Gasteiger charge is 2.32. The fourth-order valence-electron chi connectivity index (χ4n) is 4.24. The number of hydrogen-bond acceptors (Lipinski definition) is 5. The maximum absolute atomic E-state index is 13.3. The molecular formula is C29H24ClN3O3S. The smallest absolute Gasteiger partial charge is 0.337 e. The molecule has 1 aromatic heterocycles. The standard InChI is InChI=1S/C29H24ClN3O3S/c1-3-33-27(34)26(37-29(33)31-22-14-12-19(13-15-22)28(35)36-2)16-21-18-32(25-11-7-5-9-23(21)25)17-20-8-4-6-10-24(20)30/h4-16,18H,3,17H2,1-2H3. The summed E-state index contributed by atoms with van der Waals surface area (Å²) in [6.07, 6.45) is 4.00. The number of likely N-dealkylation sites (N-methyl/N-ethyl adjacent to an activating group) is 1. The van der Waals surface area contributed by atoms with Crippen molar-refractivity contribution in [2.75, 3.05) is 13.7 Å². The van der Waals surface area contributed by atoms with E-state index in [9.17, 15) is 9.59 Å². The summed E-state index contributed by atoms with van der Waals surface area (Å²) in [6, 6.07) is 22.7. The zero-order valence-corrected chi connectivity index (χ0v) is 21.9. The topological polar surface area (TPSA) is 63.9 Å². The number of aliphatic imine (C=N–C) groups is 1. The first-order valence-corrected chi connectivity index (χ1v) is 13.0. The summed E-state index contributed by atoms with van der Waals surface area (Å²) < 4.78 is 6.91. The third kappa shape index (κ3) is 5.05. The van der Waals surface area contributed by atoms with Gasteiger partial charge in [-0.3, -0.25) is 9.69 Å². The predicted octanol–water partition coefficient (Wildman–Crippen LogP) is 6.75. The van der Waals surface area contributed by atoms with Gasteiger partial charge in [0.25, 0.3) is 5.91 Å². The Balaban J connectivity index is 1.48. The van der Waals surface area contributed by atoms with Crippen LogP contribution in [0.25, 0.3) is 17.0 Å². The number of carbonyl (C=O) groups is 2. The van der Waals surface area contributed by atoms with Crippen LogP contribution < -0.4 is 0 Å². The molecule has 0 unspecified atom stereocenters. The van der Waals surface area contributed by atoms with Gasteiger partial charge in [-0.25, -0.2) is 9.79 Å². The molecule has 0 saturated carbocycles. The van der Waals surface area contributed by atoms with Gasteiger partial charge in [-0.15, -0.1) is 0 Å². The molecule has 0 N–H and O–H groups in total. The fraction of sp³-hybridized carbons (Fsp3) is 0.138. The van der Waals surface area contributed by atoms with Crippen molar-refractivity contribution in [2.45, 2.75) is 13.5 Å². The number of rotatable bonds is 6. The van der Waals surface area contributed by atoms with E-state index in [1.807, 2.05) is 49.4 Å². The van der Waals surface area contributed by atoms with Crippen LogP contribution in [0.15, 0.2) is 88.9 Å². The number of methoxy groups -OCH3 is 1. The highest BCUT2D eigenvalue weighted by molar-refractivity contribution is 8.18. The lowest BCUT2D eigenvalue weighted by molar-refractivity contribution is -0.122. The molecule has 0 spiro atoms. The van der Waals surface area contributed by atoms with Gasteiger partial charge in [0.15, 0.2) is 5.17 Å². The lowest BCUT2D eigenvalue weighted by Gasteiger charge is -2.12. The monoisotopic (exact) mass is 529 g/mol. The van der Waals surface area contributed by atoms with E-state index in [1.54, 1.807) is 29.2 Å². The van der Waals surface area contributed by atoms with Crippen LogP contribution in [0.5, 0.6) is 0 Å². The number of nitrogens with zero attached hydrogens (tertiary/aromatic N) is 3. The Bertz CT molecular complexity index is 1560. The molecule has 5 rings (SSSR count). The largest absolute Gasteiger partial charge is 0.465 e.